The lowest BCUT2D eigenvalue weighted by atomic mass is 10.1. The van der Waals surface area contributed by atoms with Crippen LogP contribution in [0.5, 0.6) is 0 Å². The largest absolute Gasteiger partial charge is 0.372 e. The first-order valence-electron chi connectivity index (χ1n) is 5.94. The number of anilines is 1. The van der Waals surface area contributed by atoms with Gasteiger partial charge in [0, 0.05) is 17.1 Å². The summed E-state index contributed by atoms with van der Waals surface area (Å²) in [6.07, 6.45) is 0. The SMILES string of the molecule is CC(Nc1c(Cl)cccc1[N+](=O)[O-])c1cccc(Cl)c1. The summed E-state index contributed by atoms with van der Waals surface area (Å²) in [5.74, 6) is 0. The summed E-state index contributed by atoms with van der Waals surface area (Å²) in [4.78, 5) is 10.6. The number of nitro benzene ring substituents is 1. The highest BCUT2D eigenvalue weighted by molar-refractivity contribution is 6.33. The van der Waals surface area contributed by atoms with Crippen molar-refractivity contribution in [1.82, 2.24) is 0 Å². The fourth-order valence-corrected chi connectivity index (χ4v) is 2.31. The van der Waals surface area contributed by atoms with E-state index in [1.165, 1.54) is 6.07 Å². The minimum Gasteiger partial charge on any atom is -0.372 e. The molecule has 20 heavy (non-hydrogen) atoms. The highest BCUT2D eigenvalue weighted by Crippen LogP contribution is 2.34. The molecule has 6 heteroatoms. The van der Waals surface area contributed by atoms with Crippen molar-refractivity contribution in [2.75, 3.05) is 5.32 Å². The Morgan fingerprint density at radius 3 is 2.55 bits per heavy atom. The third-order valence-electron chi connectivity index (χ3n) is 2.90. The maximum Gasteiger partial charge on any atom is 0.293 e. The van der Waals surface area contributed by atoms with Crippen molar-refractivity contribution >= 4 is 34.6 Å². The zero-order valence-corrected chi connectivity index (χ0v) is 12.2. The quantitative estimate of drug-likeness (QED) is 0.633. The van der Waals surface area contributed by atoms with Crippen molar-refractivity contribution < 1.29 is 4.92 Å². The van der Waals surface area contributed by atoms with Crippen molar-refractivity contribution in [3.63, 3.8) is 0 Å². The van der Waals surface area contributed by atoms with E-state index >= 15 is 0 Å². The zero-order valence-electron chi connectivity index (χ0n) is 10.6. The molecular formula is C14H12Cl2N2O2. The fourth-order valence-electron chi connectivity index (χ4n) is 1.88. The number of nitrogens with one attached hydrogen (secondary N) is 1. The van der Waals surface area contributed by atoms with Crippen LogP contribution in [0.15, 0.2) is 42.5 Å². The zero-order chi connectivity index (χ0) is 14.7. The Hall–Kier alpha value is -1.78. The Labute approximate surface area is 126 Å². The van der Waals surface area contributed by atoms with Gasteiger partial charge in [0.1, 0.15) is 5.69 Å². The van der Waals surface area contributed by atoms with E-state index in [0.29, 0.717) is 15.7 Å². The van der Waals surface area contributed by atoms with Gasteiger partial charge in [0.15, 0.2) is 0 Å². The molecule has 1 atom stereocenters. The van der Waals surface area contributed by atoms with Gasteiger partial charge in [-0.25, -0.2) is 0 Å². The molecule has 4 nitrogen and oxygen atoms in total. The third kappa shape index (κ3) is 3.21. The molecule has 0 aliphatic heterocycles. The minimum atomic E-state index is -0.459. The van der Waals surface area contributed by atoms with Gasteiger partial charge >= 0.3 is 0 Å². The molecule has 0 fully saturated rings. The van der Waals surface area contributed by atoms with Crippen LogP contribution >= 0.6 is 23.2 Å². The summed E-state index contributed by atoms with van der Waals surface area (Å²) in [5.41, 5.74) is 1.18. The molecule has 0 bridgehead atoms. The molecule has 104 valence electrons. The average Bonchev–Trinajstić information content (AvgIpc) is 2.40. The van der Waals surface area contributed by atoms with E-state index in [1.54, 1.807) is 18.2 Å². The molecule has 0 amide bonds. The summed E-state index contributed by atoms with van der Waals surface area (Å²) in [5, 5.41) is 15.0. The van der Waals surface area contributed by atoms with Crippen LogP contribution in [0, 0.1) is 10.1 Å². The second-order valence-electron chi connectivity index (χ2n) is 4.31. The number of para-hydroxylation sites is 1. The second kappa shape index (κ2) is 6.11. The van der Waals surface area contributed by atoms with E-state index in [9.17, 15) is 10.1 Å². The molecule has 0 saturated carbocycles. The summed E-state index contributed by atoms with van der Waals surface area (Å²) in [6, 6.07) is 11.7. The first kappa shape index (κ1) is 14.6. The molecule has 0 aliphatic carbocycles. The van der Waals surface area contributed by atoms with Crippen LogP contribution in [0.3, 0.4) is 0 Å². The lowest BCUT2D eigenvalue weighted by molar-refractivity contribution is -0.384. The van der Waals surface area contributed by atoms with Gasteiger partial charge in [-0.15, -0.1) is 0 Å². The molecule has 0 spiro atoms. The molecule has 1 N–H and O–H groups in total. The molecule has 0 saturated heterocycles. The highest BCUT2D eigenvalue weighted by Gasteiger charge is 2.18. The highest BCUT2D eigenvalue weighted by atomic mass is 35.5. The lowest BCUT2D eigenvalue weighted by Gasteiger charge is -2.17. The number of benzene rings is 2. The van der Waals surface area contributed by atoms with Gasteiger partial charge in [0.05, 0.1) is 9.95 Å². The van der Waals surface area contributed by atoms with Crippen LogP contribution in [0.2, 0.25) is 10.0 Å². The standard InChI is InChI=1S/C14H12Cl2N2O2/c1-9(10-4-2-5-11(15)8-10)17-14-12(16)6-3-7-13(14)18(19)20/h2-9,17H,1H3. The molecule has 0 radical (unpaired) electrons. The van der Waals surface area contributed by atoms with Crippen LogP contribution in [-0.2, 0) is 0 Å². The molecule has 0 heterocycles. The normalized spacial score (nSPS) is 11.9. The van der Waals surface area contributed by atoms with E-state index in [2.05, 4.69) is 5.32 Å². The van der Waals surface area contributed by atoms with Gasteiger partial charge in [-0.2, -0.15) is 0 Å². The number of halogens is 2. The van der Waals surface area contributed by atoms with Crippen LogP contribution < -0.4 is 5.32 Å². The van der Waals surface area contributed by atoms with Crippen molar-refractivity contribution in [2.24, 2.45) is 0 Å². The molecular weight excluding hydrogens is 299 g/mol. The van der Waals surface area contributed by atoms with Crippen LogP contribution in [0.25, 0.3) is 0 Å². The van der Waals surface area contributed by atoms with Gasteiger partial charge in [-0.05, 0) is 30.7 Å². The van der Waals surface area contributed by atoms with Crippen LogP contribution in [0.1, 0.15) is 18.5 Å². The van der Waals surface area contributed by atoms with E-state index in [0.717, 1.165) is 5.56 Å². The van der Waals surface area contributed by atoms with Crippen molar-refractivity contribution in [1.29, 1.82) is 0 Å². The Bertz CT molecular complexity index is 647. The number of hydrogen-bond acceptors (Lipinski definition) is 3. The van der Waals surface area contributed by atoms with Gasteiger partial charge in [0.2, 0.25) is 0 Å². The maximum atomic E-state index is 11.0. The summed E-state index contributed by atoms with van der Waals surface area (Å²) >= 11 is 12.0. The minimum absolute atomic E-state index is 0.0496. The number of rotatable bonds is 4. The molecule has 0 aliphatic rings. The van der Waals surface area contributed by atoms with E-state index in [4.69, 9.17) is 23.2 Å². The topological polar surface area (TPSA) is 55.2 Å². The summed E-state index contributed by atoms with van der Waals surface area (Å²) < 4.78 is 0. The van der Waals surface area contributed by atoms with Gasteiger partial charge in [0.25, 0.3) is 5.69 Å². The van der Waals surface area contributed by atoms with Gasteiger partial charge in [-0.1, -0.05) is 41.4 Å². The molecule has 2 aromatic rings. The maximum absolute atomic E-state index is 11.0. The fraction of sp³-hybridized carbons (Fsp3) is 0.143. The third-order valence-corrected chi connectivity index (χ3v) is 3.45. The van der Waals surface area contributed by atoms with E-state index in [-0.39, 0.29) is 11.7 Å². The Morgan fingerprint density at radius 2 is 1.90 bits per heavy atom. The second-order valence-corrected chi connectivity index (χ2v) is 5.16. The summed E-state index contributed by atoms with van der Waals surface area (Å²) in [6.45, 7) is 1.89. The van der Waals surface area contributed by atoms with Crippen LogP contribution in [-0.4, -0.2) is 4.92 Å². The lowest BCUT2D eigenvalue weighted by Crippen LogP contribution is -2.08. The average molecular weight is 311 g/mol. The van der Waals surface area contributed by atoms with Crippen molar-refractivity contribution in [3.05, 3.63) is 68.2 Å². The first-order chi connectivity index (χ1) is 9.49. The Balaban J connectivity index is 2.32. The molecule has 2 aromatic carbocycles. The predicted octanol–water partition coefficient (Wildman–Crippen LogP) is 5.07. The first-order valence-corrected chi connectivity index (χ1v) is 6.69. The van der Waals surface area contributed by atoms with Crippen LogP contribution in [0.4, 0.5) is 11.4 Å². The van der Waals surface area contributed by atoms with Crippen molar-refractivity contribution in [3.8, 4) is 0 Å². The molecule has 0 aromatic heterocycles. The smallest absolute Gasteiger partial charge is 0.293 e. The number of hydrogen-bond donors (Lipinski definition) is 1. The number of nitro groups is 1. The predicted molar refractivity (Wildman–Crippen MR) is 81.6 cm³/mol. The van der Waals surface area contributed by atoms with E-state index in [1.807, 2.05) is 25.1 Å². The monoisotopic (exact) mass is 310 g/mol. The van der Waals surface area contributed by atoms with E-state index < -0.39 is 4.92 Å². The molecule has 1 unspecified atom stereocenters. The van der Waals surface area contributed by atoms with Crippen molar-refractivity contribution in [2.45, 2.75) is 13.0 Å². The van der Waals surface area contributed by atoms with Gasteiger partial charge in [-0.3, -0.25) is 10.1 Å². The Morgan fingerprint density at radius 1 is 1.20 bits per heavy atom. The van der Waals surface area contributed by atoms with Gasteiger partial charge < -0.3 is 5.32 Å². The summed E-state index contributed by atoms with van der Waals surface area (Å²) in [7, 11) is 0. The molecule has 2 rings (SSSR count). The Kier molecular flexibility index (Phi) is 4.47. The number of nitrogens with zero attached hydrogens (tertiary/aromatic N) is 1.